The molecule has 0 N–H and O–H groups in total. The van der Waals surface area contributed by atoms with Gasteiger partial charge in [-0.3, -0.25) is 4.79 Å². The van der Waals surface area contributed by atoms with Gasteiger partial charge in [0.1, 0.15) is 17.7 Å². The van der Waals surface area contributed by atoms with Crippen LogP contribution in [-0.4, -0.2) is 57.5 Å². The maximum Gasteiger partial charge on any atom is 0.309 e. The second kappa shape index (κ2) is 6.19. The average Bonchev–Trinajstić information content (AvgIpc) is 3.18. The zero-order valence-corrected chi connectivity index (χ0v) is 15.2. The zero-order valence-electron chi connectivity index (χ0n) is 15.2. The molecule has 138 valence electrons. The van der Waals surface area contributed by atoms with Crippen LogP contribution in [0, 0.1) is 17.8 Å². The van der Waals surface area contributed by atoms with Gasteiger partial charge in [-0.05, 0) is 17.9 Å². The van der Waals surface area contributed by atoms with Crippen LogP contribution in [-0.2, 0) is 9.53 Å². The minimum absolute atomic E-state index is 0.0218. The SMILES string of the molecule is COC(=O)C1[C@H]2CN(c3ncnc4c(OC)c(OC)c(OC)cc34)C[C@@H]12. The van der Waals surface area contributed by atoms with Crippen LogP contribution in [0.3, 0.4) is 0 Å². The van der Waals surface area contributed by atoms with Gasteiger partial charge in [0.2, 0.25) is 5.75 Å². The first-order valence-corrected chi connectivity index (χ1v) is 8.41. The molecule has 2 heterocycles. The summed E-state index contributed by atoms with van der Waals surface area (Å²) < 4.78 is 21.3. The molecule has 1 saturated carbocycles. The summed E-state index contributed by atoms with van der Waals surface area (Å²) in [6.45, 7) is 1.54. The number of nitrogens with zero attached hydrogens (tertiary/aromatic N) is 3. The molecule has 0 spiro atoms. The fourth-order valence-corrected chi connectivity index (χ4v) is 4.09. The lowest BCUT2D eigenvalue weighted by molar-refractivity contribution is -0.142. The Hall–Kier alpha value is -2.77. The maximum atomic E-state index is 11.8. The highest BCUT2D eigenvalue weighted by molar-refractivity contribution is 5.97. The van der Waals surface area contributed by atoms with Crippen molar-refractivity contribution in [2.24, 2.45) is 17.8 Å². The number of piperidine rings is 1. The van der Waals surface area contributed by atoms with Crippen LogP contribution < -0.4 is 19.1 Å². The fraction of sp³-hybridized carbons (Fsp3) is 0.500. The van der Waals surface area contributed by atoms with Crippen molar-refractivity contribution >= 4 is 22.7 Å². The minimum atomic E-state index is -0.111. The van der Waals surface area contributed by atoms with Gasteiger partial charge in [0.25, 0.3) is 0 Å². The number of carbonyl (C=O) groups excluding carboxylic acids is 1. The van der Waals surface area contributed by atoms with Crippen molar-refractivity contribution in [3.63, 3.8) is 0 Å². The summed E-state index contributed by atoms with van der Waals surface area (Å²) in [5.74, 6) is 2.96. The van der Waals surface area contributed by atoms with Gasteiger partial charge in [-0.15, -0.1) is 0 Å². The number of carbonyl (C=O) groups is 1. The first kappa shape index (κ1) is 16.7. The van der Waals surface area contributed by atoms with Gasteiger partial charge < -0.3 is 23.8 Å². The van der Waals surface area contributed by atoms with Crippen LogP contribution in [0.4, 0.5) is 5.82 Å². The van der Waals surface area contributed by atoms with Gasteiger partial charge >= 0.3 is 5.97 Å². The van der Waals surface area contributed by atoms with Gasteiger partial charge in [-0.25, -0.2) is 9.97 Å². The topological polar surface area (TPSA) is 83.0 Å². The third-order valence-electron chi connectivity index (χ3n) is 5.38. The molecule has 0 amide bonds. The lowest BCUT2D eigenvalue weighted by Crippen LogP contribution is -2.27. The lowest BCUT2D eigenvalue weighted by atomic mass is 10.1. The number of methoxy groups -OCH3 is 4. The molecule has 8 heteroatoms. The molecule has 1 aliphatic heterocycles. The quantitative estimate of drug-likeness (QED) is 0.743. The number of hydrogen-bond donors (Lipinski definition) is 0. The maximum absolute atomic E-state index is 11.8. The summed E-state index contributed by atoms with van der Waals surface area (Å²) in [5.41, 5.74) is 0.667. The molecule has 1 aromatic heterocycles. The van der Waals surface area contributed by atoms with Crippen molar-refractivity contribution in [2.75, 3.05) is 46.4 Å². The van der Waals surface area contributed by atoms with Crippen molar-refractivity contribution in [1.29, 1.82) is 0 Å². The lowest BCUT2D eigenvalue weighted by Gasteiger charge is -2.23. The number of aromatic nitrogens is 2. The van der Waals surface area contributed by atoms with Crippen molar-refractivity contribution in [3.05, 3.63) is 12.4 Å². The molecule has 1 unspecified atom stereocenters. The van der Waals surface area contributed by atoms with E-state index in [2.05, 4.69) is 14.9 Å². The number of fused-ring (bicyclic) bond motifs is 2. The molecule has 0 radical (unpaired) electrons. The second-order valence-corrected chi connectivity index (χ2v) is 6.52. The number of rotatable bonds is 5. The molecule has 2 fully saturated rings. The van der Waals surface area contributed by atoms with E-state index in [1.54, 1.807) is 21.3 Å². The van der Waals surface area contributed by atoms with Gasteiger partial charge in [-0.2, -0.15) is 0 Å². The normalized spacial score (nSPS) is 23.5. The average molecular weight is 359 g/mol. The molecule has 0 bridgehead atoms. The highest BCUT2D eigenvalue weighted by atomic mass is 16.5. The van der Waals surface area contributed by atoms with Gasteiger partial charge in [0.05, 0.1) is 39.7 Å². The molecular weight excluding hydrogens is 338 g/mol. The molecule has 3 atom stereocenters. The minimum Gasteiger partial charge on any atom is -0.493 e. The monoisotopic (exact) mass is 359 g/mol. The predicted octanol–water partition coefficient (Wildman–Crippen LogP) is 1.51. The molecule has 1 aromatic carbocycles. The van der Waals surface area contributed by atoms with E-state index in [4.69, 9.17) is 18.9 Å². The number of anilines is 1. The van der Waals surface area contributed by atoms with Crippen LogP contribution in [0.5, 0.6) is 17.2 Å². The summed E-state index contributed by atoms with van der Waals surface area (Å²) in [5, 5.41) is 0.831. The number of hydrogen-bond acceptors (Lipinski definition) is 8. The van der Waals surface area contributed by atoms with Crippen molar-refractivity contribution in [2.45, 2.75) is 0 Å². The molecule has 2 aromatic rings. The smallest absolute Gasteiger partial charge is 0.309 e. The van der Waals surface area contributed by atoms with Crippen LogP contribution in [0.1, 0.15) is 0 Å². The number of benzene rings is 1. The summed E-state index contributed by atoms with van der Waals surface area (Å²) in [7, 11) is 6.16. The Bertz CT molecular complexity index is 860. The highest BCUT2D eigenvalue weighted by Gasteiger charge is 2.60. The van der Waals surface area contributed by atoms with E-state index in [1.165, 1.54) is 13.4 Å². The van der Waals surface area contributed by atoms with E-state index in [-0.39, 0.29) is 11.9 Å². The molecule has 4 rings (SSSR count). The Morgan fingerprint density at radius 3 is 2.31 bits per heavy atom. The van der Waals surface area contributed by atoms with E-state index in [1.807, 2.05) is 6.07 Å². The van der Waals surface area contributed by atoms with Crippen molar-refractivity contribution < 1.29 is 23.7 Å². The first-order chi connectivity index (χ1) is 12.6. The Kier molecular flexibility index (Phi) is 3.97. The number of ether oxygens (including phenoxy) is 4. The highest BCUT2D eigenvalue weighted by Crippen LogP contribution is 2.54. The Morgan fingerprint density at radius 2 is 1.73 bits per heavy atom. The van der Waals surface area contributed by atoms with E-state index in [0.29, 0.717) is 34.6 Å². The largest absolute Gasteiger partial charge is 0.493 e. The third-order valence-corrected chi connectivity index (χ3v) is 5.38. The van der Waals surface area contributed by atoms with Gasteiger partial charge in [0, 0.05) is 13.1 Å². The molecule has 26 heavy (non-hydrogen) atoms. The summed E-state index contributed by atoms with van der Waals surface area (Å²) in [6.07, 6.45) is 1.52. The van der Waals surface area contributed by atoms with E-state index in [9.17, 15) is 4.79 Å². The second-order valence-electron chi connectivity index (χ2n) is 6.52. The number of esters is 1. The summed E-state index contributed by atoms with van der Waals surface area (Å²) in [6, 6.07) is 1.87. The first-order valence-electron chi connectivity index (χ1n) is 8.41. The van der Waals surface area contributed by atoms with Crippen LogP contribution in [0.25, 0.3) is 10.9 Å². The standard InChI is InChI=1S/C18H21N3O5/c1-23-12-5-9-14(16(25-3)15(12)24-2)19-8-20-17(9)21-6-10-11(7-21)13(10)18(22)26-4/h5,8,10-11,13H,6-7H2,1-4H3/t10-,11+,13?. The molecule has 2 aliphatic rings. The van der Waals surface area contributed by atoms with E-state index >= 15 is 0 Å². The fourth-order valence-electron chi connectivity index (χ4n) is 4.09. The van der Waals surface area contributed by atoms with Gasteiger partial charge in [-0.1, -0.05) is 0 Å². The van der Waals surface area contributed by atoms with Gasteiger partial charge in [0.15, 0.2) is 11.5 Å². The molecular formula is C18H21N3O5. The van der Waals surface area contributed by atoms with Crippen LogP contribution in [0.15, 0.2) is 12.4 Å². The molecule has 1 saturated heterocycles. The van der Waals surface area contributed by atoms with E-state index < -0.39 is 0 Å². The predicted molar refractivity (Wildman–Crippen MR) is 93.9 cm³/mol. The van der Waals surface area contributed by atoms with Crippen molar-refractivity contribution in [3.8, 4) is 17.2 Å². The molecule has 1 aliphatic carbocycles. The summed E-state index contributed by atoms with van der Waals surface area (Å²) >= 11 is 0. The van der Waals surface area contributed by atoms with Crippen molar-refractivity contribution in [1.82, 2.24) is 9.97 Å². The Morgan fingerprint density at radius 1 is 1.04 bits per heavy atom. The van der Waals surface area contributed by atoms with Crippen LogP contribution >= 0.6 is 0 Å². The zero-order chi connectivity index (χ0) is 18.4. The van der Waals surface area contributed by atoms with E-state index in [0.717, 1.165) is 24.3 Å². The Balaban J connectivity index is 1.73. The third kappa shape index (κ3) is 2.32. The van der Waals surface area contributed by atoms with Crippen LogP contribution in [0.2, 0.25) is 0 Å². The summed E-state index contributed by atoms with van der Waals surface area (Å²) in [4.78, 5) is 22.8. The molecule has 8 nitrogen and oxygen atoms in total. The Labute approximate surface area is 151 Å².